The van der Waals surface area contributed by atoms with Crippen molar-refractivity contribution in [2.45, 2.75) is 6.54 Å². The number of ether oxygens (including phenoxy) is 2. The minimum absolute atomic E-state index is 0.0471. The molecule has 0 N–H and O–H groups in total. The maximum atomic E-state index is 12.1. The summed E-state index contributed by atoms with van der Waals surface area (Å²) in [4.78, 5) is 13.8. The molecule has 0 spiro atoms. The molecular weight excluding hydrogens is 338 g/mol. The Balaban J connectivity index is 1.48. The van der Waals surface area contributed by atoms with Crippen LogP contribution in [-0.4, -0.2) is 34.7 Å². The van der Waals surface area contributed by atoms with Gasteiger partial charge in [-0.25, -0.2) is 0 Å². The summed E-state index contributed by atoms with van der Waals surface area (Å²) < 4.78 is 10.6. The first kappa shape index (κ1) is 15.7. The molecule has 2 heterocycles. The molecule has 2 aliphatic heterocycles. The minimum atomic E-state index is 0.0471. The minimum Gasteiger partial charge on any atom is -0.454 e. The predicted octanol–water partition coefficient (Wildman–Crippen LogP) is 2.88. The van der Waals surface area contributed by atoms with Gasteiger partial charge in [-0.3, -0.25) is 9.69 Å². The lowest BCUT2D eigenvalue weighted by Gasteiger charge is -2.14. The number of hydrogen-bond acceptors (Lipinski definition) is 6. The van der Waals surface area contributed by atoms with E-state index in [0.29, 0.717) is 23.2 Å². The molecule has 0 aliphatic carbocycles. The zero-order chi connectivity index (χ0) is 17.1. The summed E-state index contributed by atoms with van der Waals surface area (Å²) in [6.45, 7) is 0.747. The molecule has 1 amide bonds. The Hall–Kier alpha value is -2.80. The number of nitrogens with zero attached hydrogens (tertiary/aromatic N) is 3. The number of amides is 1. The SMILES string of the molecule is O=C1CS/C(=N/N=C/c2ccc3c(c2)OCO3)N1Cc1ccccc1. The molecule has 2 aromatic carbocycles. The summed E-state index contributed by atoms with van der Waals surface area (Å²) in [7, 11) is 0. The molecule has 0 aromatic heterocycles. The third-order valence-electron chi connectivity index (χ3n) is 3.79. The molecule has 7 heteroatoms. The first-order valence-electron chi connectivity index (χ1n) is 7.77. The largest absolute Gasteiger partial charge is 0.454 e. The smallest absolute Gasteiger partial charge is 0.239 e. The van der Waals surface area contributed by atoms with Gasteiger partial charge < -0.3 is 9.47 Å². The van der Waals surface area contributed by atoms with Crippen LogP contribution in [0.4, 0.5) is 0 Å². The van der Waals surface area contributed by atoms with Crippen molar-refractivity contribution in [3.8, 4) is 11.5 Å². The highest BCUT2D eigenvalue weighted by Crippen LogP contribution is 2.32. The molecule has 0 radical (unpaired) electrons. The van der Waals surface area contributed by atoms with Crippen LogP contribution in [0.2, 0.25) is 0 Å². The fourth-order valence-electron chi connectivity index (χ4n) is 2.53. The van der Waals surface area contributed by atoms with E-state index in [1.807, 2.05) is 48.5 Å². The van der Waals surface area contributed by atoms with Crippen LogP contribution in [0.25, 0.3) is 0 Å². The molecule has 4 rings (SSSR count). The maximum absolute atomic E-state index is 12.1. The van der Waals surface area contributed by atoms with Crippen molar-refractivity contribution in [3.05, 3.63) is 59.7 Å². The first-order chi connectivity index (χ1) is 12.3. The van der Waals surface area contributed by atoms with Gasteiger partial charge in [-0.1, -0.05) is 42.1 Å². The van der Waals surface area contributed by atoms with Gasteiger partial charge in [0.25, 0.3) is 0 Å². The van der Waals surface area contributed by atoms with Gasteiger partial charge in [-0.2, -0.15) is 5.10 Å². The molecule has 0 bridgehead atoms. The van der Waals surface area contributed by atoms with Crippen molar-refractivity contribution in [2.75, 3.05) is 12.5 Å². The molecule has 6 nitrogen and oxygen atoms in total. The zero-order valence-corrected chi connectivity index (χ0v) is 14.1. The predicted molar refractivity (Wildman–Crippen MR) is 97.0 cm³/mol. The third kappa shape index (κ3) is 3.51. The molecule has 2 aliphatic rings. The lowest BCUT2D eigenvalue weighted by Crippen LogP contribution is -2.28. The molecule has 1 saturated heterocycles. The highest BCUT2D eigenvalue weighted by molar-refractivity contribution is 8.15. The van der Waals surface area contributed by atoms with E-state index in [0.717, 1.165) is 16.9 Å². The van der Waals surface area contributed by atoms with E-state index >= 15 is 0 Å². The average Bonchev–Trinajstić information content (AvgIpc) is 3.24. The van der Waals surface area contributed by atoms with Crippen LogP contribution in [0.15, 0.2) is 58.7 Å². The summed E-state index contributed by atoms with van der Waals surface area (Å²) in [5, 5.41) is 8.97. The van der Waals surface area contributed by atoms with Gasteiger partial charge in [0.1, 0.15) is 0 Å². The summed E-state index contributed by atoms with van der Waals surface area (Å²) in [5.74, 6) is 1.87. The number of benzene rings is 2. The van der Waals surface area contributed by atoms with Crippen molar-refractivity contribution in [3.63, 3.8) is 0 Å². The normalized spacial score (nSPS) is 17.8. The standard InChI is InChI=1S/C18H15N3O3S/c22-17-11-25-18(21(17)10-13-4-2-1-3-5-13)20-19-9-14-6-7-15-16(8-14)24-12-23-15/h1-9H,10-12H2/b19-9+,20-18+. The quantitative estimate of drug-likeness (QED) is 0.626. The van der Waals surface area contributed by atoms with Crippen molar-refractivity contribution in [1.82, 2.24) is 4.90 Å². The topological polar surface area (TPSA) is 63.5 Å². The van der Waals surface area contributed by atoms with Gasteiger partial charge in [0.15, 0.2) is 16.7 Å². The summed E-state index contributed by atoms with van der Waals surface area (Å²) in [6.07, 6.45) is 1.64. The van der Waals surface area contributed by atoms with E-state index in [9.17, 15) is 4.79 Å². The van der Waals surface area contributed by atoms with Gasteiger partial charge in [0.05, 0.1) is 18.5 Å². The van der Waals surface area contributed by atoms with Gasteiger partial charge in [-0.05, 0) is 29.3 Å². The molecule has 0 unspecified atom stereocenters. The highest BCUT2D eigenvalue weighted by Gasteiger charge is 2.28. The van der Waals surface area contributed by atoms with Gasteiger partial charge in [0, 0.05) is 0 Å². The van der Waals surface area contributed by atoms with Crippen molar-refractivity contribution in [2.24, 2.45) is 10.2 Å². The van der Waals surface area contributed by atoms with Crippen molar-refractivity contribution in [1.29, 1.82) is 0 Å². The second-order valence-electron chi connectivity index (χ2n) is 5.49. The third-order valence-corrected chi connectivity index (χ3v) is 4.74. The lowest BCUT2D eigenvalue weighted by atomic mass is 10.2. The Morgan fingerprint density at radius 1 is 1.12 bits per heavy atom. The Morgan fingerprint density at radius 3 is 2.84 bits per heavy atom. The molecular formula is C18H15N3O3S. The van der Waals surface area contributed by atoms with E-state index in [1.54, 1.807) is 11.1 Å². The highest BCUT2D eigenvalue weighted by atomic mass is 32.2. The van der Waals surface area contributed by atoms with Crippen molar-refractivity contribution < 1.29 is 14.3 Å². The molecule has 126 valence electrons. The maximum Gasteiger partial charge on any atom is 0.239 e. The fourth-order valence-corrected chi connectivity index (χ4v) is 3.37. The number of fused-ring (bicyclic) bond motifs is 1. The van der Waals surface area contributed by atoms with E-state index < -0.39 is 0 Å². The van der Waals surface area contributed by atoms with E-state index in [2.05, 4.69) is 10.2 Å². The van der Waals surface area contributed by atoms with Gasteiger partial charge in [0.2, 0.25) is 12.7 Å². The zero-order valence-electron chi connectivity index (χ0n) is 13.3. The Bertz CT molecular complexity index is 852. The van der Waals surface area contributed by atoms with Crippen LogP contribution in [0.5, 0.6) is 11.5 Å². The summed E-state index contributed by atoms with van der Waals surface area (Å²) in [5.41, 5.74) is 1.92. The average molecular weight is 353 g/mol. The lowest BCUT2D eigenvalue weighted by molar-refractivity contribution is -0.124. The Morgan fingerprint density at radius 2 is 1.96 bits per heavy atom. The number of thioether (sulfide) groups is 1. The van der Waals surface area contributed by atoms with E-state index in [4.69, 9.17) is 9.47 Å². The fraction of sp³-hybridized carbons (Fsp3) is 0.167. The van der Waals surface area contributed by atoms with Gasteiger partial charge in [-0.15, -0.1) is 5.10 Å². The summed E-state index contributed by atoms with van der Waals surface area (Å²) in [6, 6.07) is 15.4. The van der Waals surface area contributed by atoms with Crippen LogP contribution < -0.4 is 9.47 Å². The van der Waals surface area contributed by atoms with Crippen LogP contribution in [0, 0.1) is 0 Å². The number of amidine groups is 1. The van der Waals surface area contributed by atoms with Crippen LogP contribution >= 0.6 is 11.8 Å². The second-order valence-corrected chi connectivity index (χ2v) is 6.44. The number of carbonyl (C=O) groups is 1. The van der Waals surface area contributed by atoms with E-state index in [1.165, 1.54) is 11.8 Å². The van der Waals surface area contributed by atoms with Crippen LogP contribution in [0.3, 0.4) is 0 Å². The number of carbonyl (C=O) groups excluding carboxylic acids is 1. The van der Waals surface area contributed by atoms with Crippen LogP contribution in [0.1, 0.15) is 11.1 Å². The monoisotopic (exact) mass is 353 g/mol. The molecule has 2 aromatic rings. The summed E-state index contributed by atoms with van der Waals surface area (Å²) >= 11 is 1.40. The number of rotatable bonds is 4. The Kier molecular flexibility index (Phi) is 4.39. The second kappa shape index (κ2) is 6.98. The molecule has 25 heavy (non-hydrogen) atoms. The molecule has 1 fully saturated rings. The van der Waals surface area contributed by atoms with Crippen LogP contribution in [-0.2, 0) is 11.3 Å². The first-order valence-corrected chi connectivity index (χ1v) is 8.76. The van der Waals surface area contributed by atoms with Crippen molar-refractivity contribution >= 4 is 29.1 Å². The number of hydrogen-bond donors (Lipinski definition) is 0. The molecule has 0 atom stereocenters. The van der Waals surface area contributed by atoms with E-state index in [-0.39, 0.29) is 12.7 Å². The molecule has 0 saturated carbocycles. The Labute approximate surface area is 149 Å². The van der Waals surface area contributed by atoms with Gasteiger partial charge >= 0.3 is 0 Å².